The summed E-state index contributed by atoms with van der Waals surface area (Å²) in [6.45, 7) is 3.07. The summed E-state index contributed by atoms with van der Waals surface area (Å²) in [6, 6.07) is 10.8. The first-order valence-corrected chi connectivity index (χ1v) is 8.78. The number of thiophene rings is 1. The minimum absolute atomic E-state index is 0.901. The second-order valence-electron chi connectivity index (χ2n) is 5.08. The molecule has 2 aromatic heterocycles. The highest BCUT2D eigenvalue weighted by Gasteiger charge is 2.18. The minimum Gasteiger partial charge on any atom is -0.309 e. The molecule has 0 radical (unpaired) electrons. The van der Waals surface area contributed by atoms with E-state index >= 15 is 0 Å². The zero-order valence-corrected chi connectivity index (χ0v) is 13.4. The van der Waals surface area contributed by atoms with Crippen LogP contribution in [-0.4, -0.2) is 16.0 Å². The van der Waals surface area contributed by atoms with Gasteiger partial charge in [-0.3, -0.25) is 4.90 Å². The Morgan fingerprint density at radius 2 is 2.10 bits per heavy atom. The molecule has 0 spiro atoms. The monoisotopic (exact) mass is 318 g/mol. The van der Waals surface area contributed by atoms with Crippen molar-refractivity contribution in [2.75, 3.05) is 6.54 Å². The quantitative estimate of drug-likeness (QED) is 0.642. The molecule has 0 saturated heterocycles. The molecule has 1 aliphatic rings. The molecule has 0 amide bonds. The van der Waals surface area contributed by atoms with Crippen molar-refractivity contribution in [3.8, 4) is 0 Å². The van der Waals surface area contributed by atoms with Gasteiger partial charge in [0, 0.05) is 18.0 Å². The summed E-state index contributed by atoms with van der Waals surface area (Å²) in [5, 5.41) is 2.21. The average molecular weight is 318 g/mol. The molecule has 102 valence electrons. The van der Waals surface area contributed by atoms with E-state index in [0.29, 0.717) is 0 Å². The van der Waals surface area contributed by atoms with Crippen molar-refractivity contribution in [3.63, 3.8) is 0 Å². The summed E-state index contributed by atoms with van der Waals surface area (Å²) in [5.41, 5.74) is 2.76. The van der Waals surface area contributed by atoms with Crippen LogP contribution in [0.1, 0.15) is 10.4 Å². The Morgan fingerprint density at radius 3 is 3.05 bits per heavy atom. The summed E-state index contributed by atoms with van der Waals surface area (Å²) in [4.78, 5) is 4.05. The van der Waals surface area contributed by atoms with Crippen LogP contribution in [0.2, 0.25) is 0 Å². The fourth-order valence-electron chi connectivity index (χ4n) is 2.78. The van der Waals surface area contributed by atoms with Gasteiger partial charge in [0.25, 0.3) is 0 Å². The molecule has 2 nitrogen and oxygen atoms in total. The van der Waals surface area contributed by atoms with E-state index in [1.807, 2.05) is 11.3 Å². The third-order valence-corrected chi connectivity index (χ3v) is 6.26. The number of nitrogens with zero attached hydrogens (tertiary/aromatic N) is 2. The number of fused-ring (bicyclic) bond motifs is 2. The molecule has 0 saturated carbocycles. The van der Waals surface area contributed by atoms with Crippen molar-refractivity contribution in [3.05, 3.63) is 50.1 Å². The maximum absolute atomic E-state index is 5.54. The molecule has 0 aliphatic carbocycles. The van der Waals surface area contributed by atoms with Crippen molar-refractivity contribution in [2.45, 2.75) is 19.6 Å². The van der Waals surface area contributed by atoms with E-state index in [0.717, 1.165) is 23.7 Å². The van der Waals surface area contributed by atoms with Gasteiger partial charge in [-0.15, -0.1) is 22.7 Å². The van der Waals surface area contributed by atoms with Gasteiger partial charge in [0.05, 0.1) is 16.9 Å². The summed E-state index contributed by atoms with van der Waals surface area (Å²) in [7, 11) is 0. The SMILES string of the molecule is S=c1sc2ccccc2n1CN1CCc2sccc2C1. The van der Waals surface area contributed by atoms with E-state index in [4.69, 9.17) is 12.2 Å². The summed E-state index contributed by atoms with van der Waals surface area (Å²) in [6.07, 6.45) is 1.17. The molecular formula is C15H14N2S3. The van der Waals surface area contributed by atoms with Crippen molar-refractivity contribution in [1.29, 1.82) is 0 Å². The van der Waals surface area contributed by atoms with Gasteiger partial charge in [0.15, 0.2) is 3.95 Å². The first-order valence-electron chi connectivity index (χ1n) is 6.67. The van der Waals surface area contributed by atoms with Crippen LogP contribution in [0.25, 0.3) is 10.2 Å². The summed E-state index contributed by atoms with van der Waals surface area (Å²) < 4.78 is 4.53. The Bertz CT molecular complexity index is 812. The van der Waals surface area contributed by atoms with E-state index in [9.17, 15) is 0 Å². The van der Waals surface area contributed by atoms with Gasteiger partial charge in [-0.05, 0) is 47.8 Å². The average Bonchev–Trinajstić information content (AvgIpc) is 3.04. The maximum atomic E-state index is 5.54. The Labute approximate surface area is 130 Å². The standard InChI is InChI=1S/C15H14N2S3/c18-15-17(12-3-1-2-4-14(12)20-15)10-16-7-5-13-11(9-16)6-8-19-13/h1-4,6,8H,5,7,9-10H2. The molecule has 0 N–H and O–H groups in total. The fourth-order valence-corrected chi connectivity index (χ4v) is 4.97. The molecule has 20 heavy (non-hydrogen) atoms. The number of hydrogen-bond acceptors (Lipinski definition) is 4. The molecule has 3 heterocycles. The van der Waals surface area contributed by atoms with Crippen LogP contribution in [0.15, 0.2) is 35.7 Å². The molecule has 0 bridgehead atoms. The van der Waals surface area contributed by atoms with Gasteiger partial charge in [0.1, 0.15) is 0 Å². The molecular weight excluding hydrogens is 304 g/mol. The van der Waals surface area contributed by atoms with Crippen LogP contribution < -0.4 is 0 Å². The Balaban J connectivity index is 1.66. The first-order chi connectivity index (χ1) is 9.81. The topological polar surface area (TPSA) is 8.17 Å². The minimum atomic E-state index is 0.901. The number of aromatic nitrogens is 1. The summed E-state index contributed by atoms with van der Waals surface area (Å²) in [5.74, 6) is 0. The molecule has 0 atom stereocenters. The zero-order valence-electron chi connectivity index (χ0n) is 10.9. The number of benzene rings is 1. The summed E-state index contributed by atoms with van der Waals surface area (Å²) >= 11 is 9.14. The maximum Gasteiger partial charge on any atom is 0.163 e. The lowest BCUT2D eigenvalue weighted by Gasteiger charge is -2.27. The zero-order chi connectivity index (χ0) is 13.5. The van der Waals surface area contributed by atoms with E-state index in [-0.39, 0.29) is 0 Å². The fraction of sp³-hybridized carbons (Fsp3) is 0.267. The van der Waals surface area contributed by atoms with Crippen molar-refractivity contribution < 1.29 is 0 Å². The van der Waals surface area contributed by atoms with E-state index in [1.165, 1.54) is 22.2 Å². The normalized spacial score (nSPS) is 15.6. The number of hydrogen-bond donors (Lipinski definition) is 0. The van der Waals surface area contributed by atoms with Gasteiger partial charge < -0.3 is 4.57 Å². The van der Waals surface area contributed by atoms with Crippen LogP contribution in [0.3, 0.4) is 0 Å². The first kappa shape index (κ1) is 12.7. The number of rotatable bonds is 2. The Morgan fingerprint density at radius 1 is 1.20 bits per heavy atom. The van der Waals surface area contributed by atoms with E-state index in [2.05, 4.69) is 45.2 Å². The molecule has 4 rings (SSSR count). The van der Waals surface area contributed by atoms with Crippen molar-refractivity contribution in [1.82, 2.24) is 9.47 Å². The highest BCUT2D eigenvalue weighted by Crippen LogP contribution is 2.27. The highest BCUT2D eigenvalue weighted by molar-refractivity contribution is 7.73. The highest BCUT2D eigenvalue weighted by atomic mass is 32.1. The van der Waals surface area contributed by atoms with Crippen LogP contribution >= 0.6 is 34.9 Å². The molecule has 3 aromatic rings. The van der Waals surface area contributed by atoms with Crippen LogP contribution in [0.5, 0.6) is 0 Å². The third kappa shape index (κ3) is 2.15. The molecule has 0 fully saturated rings. The van der Waals surface area contributed by atoms with E-state index in [1.54, 1.807) is 16.2 Å². The molecule has 1 aromatic carbocycles. The third-order valence-electron chi connectivity index (χ3n) is 3.80. The predicted molar refractivity (Wildman–Crippen MR) is 89.1 cm³/mol. The largest absolute Gasteiger partial charge is 0.309 e. The van der Waals surface area contributed by atoms with Gasteiger partial charge >= 0.3 is 0 Å². The van der Waals surface area contributed by atoms with Crippen LogP contribution in [0.4, 0.5) is 0 Å². The second-order valence-corrected chi connectivity index (χ2v) is 7.75. The predicted octanol–water partition coefficient (Wildman–Crippen LogP) is 4.51. The van der Waals surface area contributed by atoms with E-state index < -0.39 is 0 Å². The number of thiazole rings is 1. The van der Waals surface area contributed by atoms with Crippen LogP contribution in [-0.2, 0) is 19.6 Å². The van der Waals surface area contributed by atoms with Gasteiger partial charge in [0.2, 0.25) is 0 Å². The van der Waals surface area contributed by atoms with Crippen LogP contribution in [0, 0.1) is 3.95 Å². The molecule has 5 heteroatoms. The molecule has 0 unspecified atom stereocenters. The lowest BCUT2D eigenvalue weighted by atomic mass is 10.1. The van der Waals surface area contributed by atoms with Crippen molar-refractivity contribution in [2.24, 2.45) is 0 Å². The Kier molecular flexibility index (Phi) is 3.22. The van der Waals surface area contributed by atoms with Gasteiger partial charge in [-0.2, -0.15) is 0 Å². The Hall–Kier alpha value is -1.01. The van der Waals surface area contributed by atoms with Gasteiger partial charge in [-0.1, -0.05) is 12.1 Å². The van der Waals surface area contributed by atoms with Crippen molar-refractivity contribution >= 4 is 45.1 Å². The number of para-hydroxylation sites is 1. The van der Waals surface area contributed by atoms with Gasteiger partial charge in [-0.25, -0.2) is 0 Å². The smallest absolute Gasteiger partial charge is 0.163 e. The lowest BCUT2D eigenvalue weighted by molar-refractivity contribution is 0.204. The molecule has 1 aliphatic heterocycles. The lowest BCUT2D eigenvalue weighted by Crippen LogP contribution is -2.31. The second kappa shape index (κ2) is 5.07.